The number of nitrogens with zero attached hydrogens (tertiary/aromatic N) is 2. The van der Waals surface area contributed by atoms with E-state index in [-0.39, 0.29) is 11.6 Å². The lowest BCUT2D eigenvalue weighted by Gasteiger charge is -2.09. The van der Waals surface area contributed by atoms with Gasteiger partial charge < -0.3 is 4.42 Å². The second kappa shape index (κ2) is 3.29. The van der Waals surface area contributed by atoms with Gasteiger partial charge in [-0.05, 0) is 19.4 Å². The standard InChI is InChI=1S/C10H12N2O2/c1-3-7(2)12-10(13)9-8(6-11-12)4-5-14-9/h4-7H,3H2,1-2H3. The van der Waals surface area contributed by atoms with Gasteiger partial charge in [-0.1, -0.05) is 6.92 Å². The highest BCUT2D eigenvalue weighted by molar-refractivity contribution is 5.74. The molecule has 1 unspecified atom stereocenters. The highest BCUT2D eigenvalue weighted by atomic mass is 16.3. The fraction of sp³-hybridized carbons (Fsp3) is 0.400. The number of fused-ring (bicyclic) bond motifs is 1. The third-order valence-electron chi connectivity index (χ3n) is 2.43. The molecule has 4 nitrogen and oxygen atoms in total. The zero-order valence-corrected chi connectivity index (χ0v) is 8.23. The van der Waals surface area contributed by atoms with Crippen LogP contribution in [0.3, 0.4) is 0 Å². The highest BCUT2D eigenvalue weighted by Gasteiger charge is 2.10. The van der Waals surface area contributed by atoms with Gasteiger partial charge in [0.25, 0.3) is 0 Å². The average Bonchev–Trinajstić information content (AvgIpc) is 2.66. The molecule has 0 saturated carbocycles. The monoisotopic (exact) mass is 192 g/mol. The van der Waals surface area contributed by atoms with Crippen LogP contribution in [0.5, 0.6) is 0 Å². The number of hydrogen-bond acceptors (Lipinski definition) is 3. The quantitative estimate of drug-likeness (QED) is 0.730. The maximum Gasteiger partial charge on any atom is 0.310 e. The van der Waals surface area contributed by atoms with Gasteiger partial charge in [-0.25, -0.2) is 4.68 Å². The van der Waals surface area contributed by atoms with E-state index >= 15 is 0 Å². The van der Waals surface area contributed by atoms with Gasteiger partial charge in [0.15, 0.2) is 0 Å². The molecule has 2 aromatic rings. The molecule has 0 spiro atoms. The molecule has 0 bridgehead atoms. The minimum atomic E-state index is -0.151. The molecule has 0 aliphatic carbocycles. The summed E-state index contributed by atoms with van der Waals surface area (Å²) in [6, 6.07) is 1.85. The van der Waals surface area contributed by atoms with Crippen LogP contribution in [0.15, 0.2) is 27.7 Å². The van der Waals surface area contributed by atoms with E-state index in [0.717, 1.165) is 11.8 Å². The molecule has 0 aliphatic heterocycles. The number of rotatable bonds is 2. The summed E-state index contributed by atoms with van der Waals surface area (Å²) in [4.78, 5) is 11.8. The molecule has 0 aromatic carbocycles. The SMILES string of the molecule is CCC(C)n1ncc2ccoc2c1=O. The third-order valence-corrected chi connectivity index (χ3v) is 2.43. The summed E-state index contributed by atoms with van der Waals surface area (Å²) in [6.07, 6.45) is 4.04. The van der Waals surface area contributed by atoms with E-state index in [2.05, 4.69) is 5.10 Å². The molecule has 14 heavy (non-hydrogen) atoms. The van der Waals surface area contributed by atoms with Gasteiger partial charge in [0.05, 0.1) is 18.5 Å². The Kier molecular flexibility index (Phi) is 2.11. The molecule has 74 valence electrons. The largest absolute Gasteiger partial charge is 0.458 e. The lowest BCUT2D eigenvalue weighted by Crippen LogP contribution is -2.24. The van der Waals surface area contributed by atoms with E-state index in [0.29, 0.717) is 5.58 Å². The Labute approximate surface area is 81.1 Å². The molecule has 0 amide bonds. The minimum absolute atomic E-state index is 0.108. The summed E-state index contributed by atoms with van der Waals surface area (Å²) in [5.41, 5.74) is 0.238. The molecule has 4 heteroatoms. The van der Waals surface area contributed by atoms with Gasteiger partial charge >= 0.3 is 5.56 Å². The van der Waals surface area contributed by atoms with Crippen molar-refractivity contribution in [1.82, 2.24) is 9.78 Å². The fourth-order valence-corrected chi connectivity index (χ4v) is 1.36. The Morgan fingerprint density at radius 2 is 2.43 bits per heavy atom. The predicted octanol–water partition coefficient (Wildman–Crippen LogP) is 1.96. The molecule has 0 N–H and O–H groups in total. The summed E-state index contributed by atoms with van der Waals surface area (Å²) in [7, 11) is 0. The van der Waals surface area contributed by atoms with Gasteiger partial charge in [0.2, 0.25) is 5.58 Å². The van der Waals surface area contributed by atoms with Crippen LogP contribution in [0.2, 0.25) is 0 Å². The molecule has 0 aliphatic rings. The molecular formula is C10H12N2O2. The number of furan rings is 1. The molecular weight excluding hydrogens is 180 g/mol. The molecule has 2 heterocycles. The van der Waals surface area contributed by atoms with Crippen molar-refractivity contribution in [3.63, 3.8) is 0 Å². The summed E-state index contributed by atoms with van der Waals surface area (Å²) >= 11 is 0. The van der Waals surface area contributed by atoms with Gasteiger partial charge in [-0.15, -0.1) is 0 Å². The Hall–Kier alpha value is -1.58. The zero-order chi connectivity index (χ0) is 10.1. The topological polar surface area (TPSA) is 48.0 Å². The minimum Gasteiger partial charge on any atom is -0.458 e. The number of hydrogen-bond donors (Lipinski definition) is 0. The van der Waals surface area contributed by atoms with Crippen molar-refractivity contribution in [2.24, 2.45) is 0 Å². The molecule has 1 atom stereocenters. The highest BCUT2D eigenvalue weighted by Crippen LogP contribution is 2.11. The maximum absolute atomic E-state index is 11.8. The smallest absolute Gasteiger partial charge is 0.310 e. The van der Waals surface area contributed by atoms with Gasteiger partial charge in [0.1, 0.15) is 0 Å². The van der Waals surface area contributed by atoms with Crippen LogP contribution in [-0.2, 0) is 0 Å². The second-order valence-corrected chi connectivity index (χ2v) is 3.36. The van der Waals surface area contributed by atoms with E-state index < -0.39 is 0 Å². The van der Waals surface area contributed by atoms with Crippen LogP contribution >= 0.6 is 0 Å². The van der Waals surface area contributed by atoms with Crippen LogP contribution in [0.25, 0.3) is 11.0 Å². The first-order valence-corrected chi connectivity index (χ1v) is 4.69. The van der Waals surface area contributed by atoms with E-state index in [1.165, 1.54) is 10.9 Å². The predicted molar refractivity (Wildman–Crippen MR) is 53.3 cm³/mol. The Balaban J connectivity index is 2.68. The van der Waals surface area contributed by atoms with Crippen molar-refractivity contribution in [3.05, 3.63) is 28.9 Å². The number of aromatic nitrogens is 2. The normalized spacial score (nSPS) is 13.3. The van der Waals surface area contributed by atoms with Gasteiger partial charge in [0, 0.05) is 5.39 Å². The van der Waals surface area contributed by atoms with Gasteiger partial charge in [-0.3, -0.25) is 4.79 Å². The van der Waals surface area contributed by atoms with Crippen molar-refractivity contribution in [3.8, 4) is 0 Å². The van der Waals surface area contributed by atoms with Crippen LogP contribution in [0.1, 0.15) is 26.3 Å². The maximum atomic E-state index is 11.8. The Morgan fingerprint density at radius 1 is 1.64 bits per heavy atom. The van der Waals surface area contributed by atoms with E-state index in [1.807, 2.05) is 13.8 Å². The Morgan fingerprint density at radius 3 is 3.14 bits per heavy atom. The summed E-state index contributed by atoms with van der Waals surface area (Å²) in [5, 5.41) is 4.85. The Bertz CT molecular complexity index is 498. The van der Waals surface area contributed by atoms with Crippen LogP contribution < -0.4 is 5.56 Å². The average molecular weight is 192 g/mol. The molecule has 2 rings (SSSR count). The molecule has 0 saturated heterocycles. The van der Waals surface area contributed by atoms with Crippen LogP contribution in [0, 0.1) is 0 Å². The van der Waals surface area contributed by atoms with E-state index in [4.69, 9.17) is 4.42 Å². The molecule has 2 aromatic heterocycles. The first-order chi connectivity index (χ1) is 6.74. The van der Waals surface area contributed by atoms with E-state index in [1.54, 1.807) is 12.3 Å². The summed E-state index contributed by atoms with van der Waals surface area (Å²) < 4.78 is 6.57. The van der Waals surface area contributed by atoms with E-state index in [9.17, 15) is 4.79 Å². The van der Waals surface area contributed by atoms with Gasteiger partial charge in [-0.2, -0.15) is 5.10 Å². The fourth-order valence-electron chi connectivity index (χ4n) is 1.36. The van der Waals surface area contributed by atoms with Crippen LogP contribution in [-0.4, -0.2) is 9.78 Å². The lowest BCUT2D eigenvalue weighted by atomic mass is 10.2. The van der Waals surface area contributed by atoms with Crippen molar-refractivity contribution >= 4 is 11.0 Å². The third kappa shape index (κ3) is 1.23. The van der Waals surface area contributed by atoms with Crippen molar-refractivity contribution in [1.29, 1.82) is 0 Å². The van der Waals surface area contributed by atoms with Crippen molar-refractivity contribution in [2.45, 2.75) is 26.3 Å². The molecule has 0 fully saturated rings. The lowest BCUT2D eigenvalue weighted by molar-refractivity contribution is 0.451. The van der Waals surface area contributed by atoms with Crippen molar-refractivity contribution in [2.75, 3.05) is 0 Å². The second-order valence-electron chi connectivity index (χ2n) is 3.36. The summed E-state index contributed by atoms with van der Waals surface area (Å²) in [6.45, 7) is 3.98. The summed E-state index contributed by atoms with van der Waals surface area (Å²) in [5.74, 6) is 0. The van der Waals surface area contributed by atoms with Crippen LogP contribution in [0.4, 0.5) is 0 Å². The first-order valence-electron chi connectivity index (χ1n) is 4.69. The zero-order valence-electron chi connectivity index (χ0n) is 8.23. The van der Waals surface area contributed by atoms with Crippen molar-refractivity contribution < 1.29 is 4.42 Å². The first kappa shape index (κ1) is 8.99. The molecule has 0 radical (unpaired) electrons.